The van der Waals surface area contributed by atoms with E-state index in [4.69, 9.17) is 11.6 Å². The fourth-order valence-electron chi connectivity index (χ4n) is 2.93. The van der Waals surface area contributed by atoms with Gasteiger partial charge < -0.3 is 4.90 Å². The fourth-order valence-corrected chi connectivity index (χ4v) is 4.48. The zero-order valence-corrected chi connectivity index (χ0v) is 15.7. The summed E-state index contributed by atoms with van der Waals surface area (Å²) in [6.07, 6.45) is 0. The van der Waals surface area contributed by atoms with E-state index in [0.717, 1.165) is 0 Å². The number of anilines is 1. The minimum atomic E-state index is -3.62. The number of halogens is 1. The first-order valence-electron chi connectivity index (χ1n) is 8.02. The Hall–Kier alpha value is -2.67. The molecule has 0 saturated carbocycles. The summed E-state index contributed by atoms with van der Waals surface area (Å²) in [7, 11) is -3.62. The number of nitro groups is 1. The maximum absolute atomic E-state index is 12.7. The number of nitro benzene ring substituents is 1. The molecule has 0 N–H and O–H groups in total. The smallest absolute Gasteiger partial charge is 0.270 e. The zero-order valence-electron chi connectivity index (χ0n) is 14.1. The minimum absolute atomic E-state index is 0.153. The Morgan fingerprint density at radius 2 is 1.70 bits per heavy atom. The lowest BCUT2D eigenvalue weighted by Crippen LogP contribution is -2.48. The largest absolute Gasteiger partial charge is 0.368 e. The summed E-state index contributed by atoms with van der Waals surface area (Å²) < 4.78 is 26.8. The van der Waals surface area contributed by atoms with Gasteiger partial charge in [0.2, 0.25) is 10.0 Å². The summed E-state index contributed by atoms with van der Waals surface area (Å²) in [4.78, 5) is 12.3. The van der Waals surface area contributed by atoms with E-state index in [9.17, 15) is 23.8 Å². The van der Waals surface area contributed by atoms with Crippen LogP contribution in [0.4, 0.5) is 11.4 Å². The van der Waals surface area contributed by atoms with Crippen molar-refractivity contribution in [1.82, 2.24) is 4.31 Å². The predicted octanol–water partition coefficient (Wildman–Crippen LogP) is 2.63. The molecule has 0 radical (unpaired) electrons. The number of rotatable bonds is 4. The van der Waals surface area contributed by atoms with Gasteiger partial charge in [-0.15, -0.1) is 0 Å². The molecule has 2 aromatic carbocycles. The maximum Gasteiger partial charge on any atom is 0.270 e. The van der Waals surface area contributed by atoms with E-state index < -0.39 is 14.9 Å². The van der Waals surface area contributed by atoms with Gasteiger partial charge in [0.05, 0.1) is 21.1 Å². The number of hydrogen-bond donors (Lipinski definition) is 0. The monoisotopic (exact) mass is 406 g/mol. The molecule has 0 unspecified atom stereocenters. The first-order chi connectivity index (χ1) is 12.8. The summed E-state index contributed by atoms with van der Waals surface area (Å²) in [6.45, 7) is 1.23. The lowest BCUT2D eigenvalue weighted by atomic mass is 10.1. The third-order valence-electron chi connectivity index (χ3n) is 4.34. The lowest BCUT2D eigenvalue weighted by molar-refractivity contribution is -0.384. The van der Waals surface area contributed by atoms with E-state index in [1.807, 2.05) is 11.0 Å². The summed E-state index contributed by atoms with van der Waals surface area (Å²) in [5.74, 6) is 0. The van der Waals surface area contributed by atoms with Gasteiger partial charge in [0, 0.05) is 43.3 Å². The Bertz CT molecular complexity index is 1010. The molecular formula is C17H15ClN4O4S. The fraction of sp³-hybridized carbons (Fsp3) is 0.235. The molecule has 1 saturated heterocycles. The number of benzene rings is 2. The van der Waals surface area contributed by atoms with Crippen LogP contribution in [0.3, 0.4) is 0 Å². The van der Waals surface area contributed by atoms with Gasteiger partial charge >= 0.3 is 0 Å². The van der Waals surface area contributed by atoms with Crippen molar-refractivity contribution in [3.63, 3.8) is 0 Å². The molecule has 8 nitrogen and oxygen atoms in total. The van der Waals surface area contributed by atoms with Gasteiger partial charge in [-0.25, -0.2) is 8.42 Å². The zero-order chi connectivity index (χ0) is 19.6. The summed E-state index contributed by atoms with van der Waals surface area (Å²) in [5.41, 5.74) is 0.601. The van der Waals surface area contributed by atoms with Crippen LogP contribution in [0.25, 0.3) is 0 Å². The van der Waals surface area contributed by atoms with Crippen molar-refractivity contribution in [1.29, 1.82) is 5.26 Å². The summed E-state index contributed by atoms with van der Waals surface area (Å²) in [6, 6.07) is 12.1. The van der Waals surface area contributed by atoms with Crippen LogP contribution < -0.4 is 4.90 Å². The maximum atomic E-state index is 12.7. The summed E-state index contributed by atoms with van der Waals surface area (Å²) >= 11 is 5.81. The molecule has 0 amide bonds. The second kappa shape index (κ2) is 7.52. The van der Waals surface area contributed by atoms with Crippen molar-refractivity contribution in [3.8, 4) is 6.07 Å². The molecule has 1 aliphatic heterocycles. The van der Waals surface area contributed by atoms with Crippen molar-refractivity contribution < 1.29 is 13.3 Å². The minimum Gasteiger partial charge on any atom is -0.368 e. The normalized spacial score (nSPS) is 15.3. The molecule has 0 atom stereocenters. The Morgan fingerprint density at radius 1 is 1.07 bits per heavy atom. The third-order valence-corrected chi connectivity index (χ3v) is 6.51. The molecule has 10 heteroatoms. The lowest BCUT2D eigenvalue weighted by Gasteiger charge is -2.35. The average molecular weight is 407 g/mol. The van der Waals surface area contributed by atoms with Gasteiger partial charge in [-0.2, -0.15) is 9.57 Å². The molecule has 1 fully saturated rings. The number of nitriles is 1. The van der Waals surface area contributed by atoms with Gasteiger partial charge in [-0.3, -0.25) is 10.1 Å². The highest BCUT2D eigenvalue weighted by Crippen LogP contribution is 2.27. The van der Waals surface area contributed by atoms with E-state index in [2.05, 4.69) is 0 Å². The van der Waals surface area contributed by atoms with Gasteiger partial charge in [0.15, 0.2) is 0 Å². The molecule has 0 spiro atoms. The molecule has 1 aliphatic rings. The number of sulfonamides is 1. The molecule has 0 aromatic heterocycles. The van der Waals surface area contributed by atoms with E-state index in [1.165, 1.54) is 46.8 Å². The van der Waals surface area contributed by atoms with Crippen LogP contribution in [0, 0.1) is 21.4 Å². The van der Waals surface area contributed by atoms with Gasteiger partial charge in [0.1, 0.15) is 6.07 Å². The van der Waals surface area contributed by atoms with Crippen molar-refractivity contribution in [2.24, 2.45) is 0 Å². The van der Waals surface area contributed by atoms with Crippen LogP contribution in [-0.2, 0) is 10.0 Å². The van der Waals surface area contributed by atoms with E-state index in [0.29, 0.717) is 23.8 Å². The number of piperazine rings is 1. The van der Waals surface area contributed by atoms with Gasteiger partial charge in [0.25, 0.3) is 5.69 Å². The number of non-ortho nitro benzene ring substituents is 1. The quantitative estimate of drug-likeness (QED) is 0.570. The van der Waals surface area contributed by atoms with Crippen LogP contribution in [0.5, 0.6) is 0 Å². The van der Waals surface area contributed by atoms with E-state index in [-0.39, 0.29) is 29.2 Å². The Morgan fingerprint density at radius 3 is 2.26 bits per heavy atom. The predicted molar refractivity (Wildman–Crippen MR) is 100 cm³/mol. The van der Waals surface area contributed by atoms with Gasteiger partial charge in [-0.05, 0) is 30.3 Å². The Labute approximate surface area is 161 Å². The van der Waals surface area contributed by atoms with Crippen LogP contribution >= 0.6 is 11.6 Å². The Kier molecular flexibility index (Phi) is 5.32. The second-order valence-electron chi connectivity index (χ2n) is 5.92. The van der Waals surface area contributed by atoms with Crippen molar-refractivity contribution >= 4 is 33.0 Å². The van der Waals surface area contributed by atoms with Crippen LogP contribution in [-0.4, -0.2) is 43.8 Å². The molecule has 0 bridgehead atoms. The van der Waals surface area contributed by atoms with Crippen molar-refractivity contribution in [2.45, 2.75) is 4.90 Å². The molecule has 1 heterocycles. The van der Waals surface area contributed by atoms with Crippen LogP contribution in [0.15, 0.2) is 47.4 Å². The van der Waals surface area contributed by atoms with Crippen LogP contribution in [0.2, 0.25) is 5.02 Å². The highest BCUT2D eigenvalue weighted by atomic mass is 35.5. The van der Waals surface area contributed by atoms with Crippen molar-refractivity contribution in [2.75, 3.05) is 31.1 Å². The topological polar surface area (TPSA) is 108 Å². The van der Waals surface area contributed by atoms with Gasteiger partial charge in [-0.1, -0.05) is 11.6 Å². The highest BCUT2D eigenvalue weighted by Gasteiger charge is 2.29. The number of nitrogens with zero attached hydrogens (tertiary/aromatic N) is 4. The average Bonchev–Trinajstić information content (AvgIpc) is 2.68. The Balaban J connectivity index is 1.77. The second-order valence-corrected chi connectivity index (χ2v) is 8.29. The molecular weight excluding hydrogens is 392 g/mol. The standard InChI is InChI=1S/C17H15ClN4O4S/c18-14-1-4-16(5-2-14)27(25,26)21-9-7-20(8-10-21)17-6-3-15(22(23)24)11-13(17)12-19/h1-6,11H,7-10H2. The number of hydrogen-bond acceptors (Lipinski definition) is 6. The molecule has 27 heavy (non-hydrogen) atoms. The van der Waals surface area contributed by atoms with E-state index >= 15 is 0 Å². The molecule has 140 valence electrons. The van der Waals surface area contributed by atoms with Crippen LogP contribution in [0.1, 0.15) is 5.56 Å². The highest BCUT2D eigenvalue weighted by molar-refractivity contribution is 7.89. The molecule has 0 aliphatic carbocycles. The van der Waals surface area contributed by atoms with Crippen molar-refractivity contribution in [3.05, 3.63) is 63.2 Å². The SMILES string of the molecule is N#Cc1cc([N+](=O)[O-])ccc1N1CCN(S(=O)(=O)c2ccc(Cl)cc2)CC1. The first-order valence-corrected chi connectivity index (χ1v) is 9.84. The first kappa shape index (κ1) is 19.1. The third kappa shape index (κ3) is 3.88. The van der Waals surface area contributed by atoms with E-state index in [1.54, 1.807) is 0 Å². The molecule has 3 rings (SSSR count). The summed E-state index contributed by atoms with van der Waals surface area (Å²) in [5, 5.41) is 20.6. The molecule has 2 aromatic rings.